The first kappa shape index (κ1) is 25.2. The Hall–Kier alpha value is -4.42. The normalized spacial score (nSPS) is 17.7. The summed E-state index contributed by atoms with van der Waals surface area (Å²) in [4.78, 5) is 47.2. The number of imidazole rings is 1. The van der Waals surface area contributed by atoms with Crippen LogP contribution in [0.15, 0.2) is 43.1 Å². The van der Waals surface area contributed by atoms with Crippen molar-refractivity contribution in [1.29, 1.82) is 0 Å². The topological polar surface area (TPSA) is 118 Å². The van der Waals surface area contributed by atoms with Crippen LogP contribution in [0.25, 0.3) is 11.0 Å². The Kier molecular flexibility index (Phi) is 6.51. The quantitative estimate of drug-likeness (QED) is 0.498. The summed E-state index contributed by atoms with van der Waals surface area (Å²) in [5.41, 5.74) is -0.208. The van der Waals surface area contributed by atoms with E-state index in [4.69, 9.17) is 4.74 Å². The number of ether oxygens (including phenoxy) is 1. The third kappa shape index (κ3) is 4.78. The molecule has 3 aromatic rings. The monoisotopic (exact) mass is 528 g/mol. The molecule has 1 atom stereocenters. The van der Waals surface area contributed by atoms with Gasteiger partial charge in [-0.2, -0.15) is 13.2 Å². The largest absolute Gasteiger partial charge is 0.481 e. The van der Waals surface area contributed by atoms with E-state index in [-0.39, 0.29) is 42.5 Å². The van der Waals surface area contributed by atoms with Crippen LogP contribution in [0.5, 0.6) is 5.75 Å². The second kappa shape index (κ2) is 9.80. The number of amides is 3. The average Bonchev–Trinajstić information content (AvgIpc) is 3.08. The number of nitrogens with one attached hydrogen (secondary N) is 2. The summed E-state index contributed by atoms with van der Waals surface area (Å²) < 4.78 is 46.8. The summed E-state index contributed by atoms with van der Waals surface area (Å²) in [6.07, 6.45) is -0.457. The zero-order valence-electron chi connectivity index (χ0n) is 20.0. The first-order valence-electron chi connectivity index (χ1n) is 11.9. The van der Waals surface area contributed by atoms with Gasteiger partial charge in [0.2, 0.25) is 11.9 Å². The number of hydrogen-bond acceptors (Lipinski definition) is 6. The predicted octanol–water partition coefficient (Wildman–Crippen LogP) is 3.77. The number of hydrogen-bond donors (Lipinski definition) is 2. The Morgan fingerprint density at radius 1 is 1.24 bits per heavy atom. The van der Waals surface area contributed by atoms with Gasteiger partial charge in [-0.15, -0.1) is 0 Å². The van der Waals surface area contributed by atoms with Gasteiger partial charge in [0.15, 0.2) is 6.61 Å². The molecule has 4 heterocycles. The minimum Gasteiger partial charge on any atom is -0.481 e. The highest BCUT2D eigenvalue weighted by Crippen LogP contribution is 2.40. The van der Waals surface area contributed by atoms with Crippen LogP contribution in [-0.2, 0) is 15.8 Å². The van der Waals surface area contributed by atoms with Crippen molar-refractivity contribution < 1.29 is 32.3 Å². The number of alkyl halides is 3. The van der Waals surface area contributed by atoms with Crippen LogP contribution in [0, 0.1) is 0 Å². The number of rotatable bonds is 4. The molecule has 2 aliphatic heterocycles. The van der Waals surface area contributed by atoms with E-state index < -0.39 is 17.8 Å². The fourth-order valence-electron chi connectivity index (χ4n) is 4.73. The summed E-state index contributed by atoms with van der Waals surface area (Å²) in [5, 5.41) is 5.43. The van der Waals surface area contributed by atoms with Crippen LogP contribution in [-0.4, -0.2) is 56.9 Å². The number of pyridine rings is 1. The van der Waals surface area contributed by atoms with Crippen LogP contribution < -0.4 is 15.4 Å². The average molecular weight is 528 g/mol. The Bertz CT molecular complexity index is 1450. The fraction of sp³-hybridized carbons (Fsp3) is 0.320. The van der Waals surface area contributed by atoms with Gasteiger partial charge in [0, 0.05) is 24.8 Å². The van der Waals surface area contributed by atoms with Crippen molar-refractivity contribution in [3.8, 4) is 5.75 Å². The number of halogens is 3. The lowest BCUT2D eigenvalue weighted by Gasteiger charge is -2.27. The van der Waals surface area contributed by atoms with Gasteiger partial charge in [-0.25, -0.2) is 4.98 Å². The molecule has 1 aromatic carbocycles. The molecular formula is C25H23F3N6O4. The van der Waals surface area contributed by atoms with Gasteiger partial charge in [-0.3, -0.25) is 24.7 Å². The van der Waals surface area contributed by atoms with Gasteiger partial charge in [-0.05, 0) is 49.6 Å². The van der Waals surface area contributed by atoms with E-state index in [0.29, 0.717) is 41.5 Å². The van der Waals surface area contributed by atoms with Gasteiger partial charge >= 0.3 is 6.18 Å². The van der Waals surface area contributed by atoms with Gasteiger partial charge in [-0.1, -0.05) is 6.58 Å². The molecule has 0 saturated carbocycles. The molecule has 0 spiro atoms. The van der Waals surface area contributed by atoms with Crippen molar-refractivity contribution in [2.24, 2.45) is 0 Å². The molecule has 38 heavy (non-hydrogen) atoms. The summed E-state index contributed by atoms with van der Waals surface area (Å²) in [6.45, 7) is 4.19. The van der Waals surface area contributed by atoms with E-state index in [1.54, 1.807) is 21.6 Å². The van der Waals surface area contributed by atoms with Gasteiger partial charge in [0.05, 0.1) is 17.1 Å². The first-order chi connectivity index (χ1) is 18.2. The molecule has 5 rings (SSSR count). The van der Waals surface area contributed by atoms with E-state index in [1.807, 2.05) is 0 Å². The molecule has 10 nitrogen and oxygen atoms in total. The van der Waals surface area contributed by atoms with Crippen LogP contribution in [0.2, 0.25) is 0 Å². The Morgan fingerprint density at radius 3 is 2.82 bits per heavy atom. The summed E-state index contributed by atoms with van der Waals surface area (Å²) in [7, 11) is 0. The van der Waals surface area contributed by atoms with Crippen LogP contribution in [0.4, 0.5) is 24.8 Å². The molecule has 3 amide bonds. The molecule has 1 saturated heterocycles. The van der Waals surface area contributed by atoms with Crippen LogP contribution >= 0.6 is 0 Å². The maximum Gasteiger partial charge on any atom is 0.433 e. The van der Waals surface area contributed by atoms with E-state index >= 15 is 0 Å². The van der Waals surface area contributed by atoms with Gasteiger partial charge < -0.3 is 19.5 Å². The van der Waals surface area contributed by atoms with E-state index in [2.05, 4.69) is 27.2 Å². The fourth-order valence-corrected chi connectivity index (χ4v) is 4.73. The van der Waals surface area contributed by atoms with E-state index in [0.717, 1.165) is 19.0 Å². The van der Waals surface area contributed by atoms with Crippen molar-refractivity contribution >= 4 is 40.4 Å². The molecule has 2 aliphatic rings. The highest BCUT2D eigenvalue weighted by atomic mass is 19.4. The number of fused-ring (bicyclic) bond motifs is 3. The molecule has 0 aliphatic carbocycles. The Balaban J connectivity index is 1.61. The molecule has 1 fully saturated rings. The second-order valence-electron chi connectivity index (χ2n) is 8.97. The number of benzene rings is 1. The maximum absolute atomic E-state index is 13.2. The highest BCUT2D eigenvalue weighted by molar-refractivity contribution is 6.07. The molecule has 13 heteroatoms. The van der Waals surface area contributed by atoms with Crippen molar-refractivity contribution in [3.63, 3.8) is 0 Å². The maximum atomic E-state index is 13.2. The highest BCUT2D eigenvalue weighted by Gasteiger charge is 2.34. The number of likely N-dealkylation sites (tertiary alicyclic amines) is 1. The summed E-state index contributed by atoms with van der Waals surface area (Å²) in [5.74, 6) is -0.975. The number of carbonyl (C=O) groups excluding carboxylic acids is 3. The molecule has 0 bridgehead atoms. The Morgan fingerprint density at radius 2 is 2.05 bits per heavy atom. The van der Waals surface area contributed by atoms with E-state index in [1.165, 1.54) is 12.1 Å². The molecule has 1 unspecified atom stereocenters. The first-order valence-corrected chi connectivity index (χ1v) is 11.9. The van der Waals surface area contributed by atoms with Crippen molar-refractivity contribution in [2.75, 3.05) is 30.3 Å². The molecular weight excluding hydrogens is 505 g/mol. The smallest absolute Gasteiger partial charge is 0.433 e. The number of carbonyl (C=O) groups is 3. The van der Waals surface area contributed by atoms with Crippen molar-refractivity contribution in [2.45, 2.75) is 31.5 Å². The summed E-state index contributed by atoms with van der Waals surface area (Å²) in [6, 6.07) is 4.75. The third-order valence-electron chi connectivity index (χ3n) is 6.47. The predicted molar refractivity (Wildman–Crippen MR) is 131 cm³/mol. The van der Waals surface area contributed by atoms with Crippen molar-refractivity contribution in [3.05, 3.63) is 54.4 Å². The molecule has 2 aromatic heterocycles. The summed E-state index contributed by atoms with van der Waals surface area (Å²) >= 11 is 0. The molecule has 2 N–H and O–H groups in total. The molecule has 198 valence electrons. The number of nitrogens with zero attached hydrogens (tertiary/aromatic N) is 4. The lowest BCUT2D eigenvalue weighted by atomic mass is 10.1. The number of aromatic nitrogens is 3. The standard InChI is InChI=1S/C25H23F3N6O4/c1-2-20(36)33-10-4-3-5-15(12-33)34-22-16(6-7-17-21(22)31-19(35)13-38-17)30-24(34)32-23(37)14-8-9-29-18(11-14)25(26,27)28/h2,6-9,11,15H,1,3-5,10,12-13H2,(H,31,35)(H,30,32,37). The van der Waals surface area contributed by atoms with Crippen molar-refractivity contribution in [1.82, 2.24) is 19.4 Å². The Labute approximate surface area is 214 Å². The molecule has 0 radical (unpaired) electrons. The SMILES string of the molecule is C=CC(=O)N1CCCCC(n2c(NC(=O)c3ccnc(C(F)(F)F)c3)nc3ccc4c(c32)NC(=O)CO4)C1. The zero-order valence-corrected chi connectivity index (χ0v) is 20.0. The van der Waals surface area contributed by atoms with Gasteiger partial charge in [0.25, 0.3) is 11.8 Å². The van der Waals surface area contributed by atoms with Gasteiger partial charge in [0.1, 0.15) is 17.1 Å². The zero-order chi connectivity index (χ0) is 27.0. The van der Waals surface area contributed by atoms with Crippen LogP contribution in [0.3, 0.4) is 0 Å². The minimum atomic E-state index is -4.72. The third-order valence-corrected chi connectivity index (χ3v) is 6.47. The lowest BCUT2D eigenvalue weighted by Crippen LogP contribution is -2.34. The second-order valence-corrected chi connectivity index (χ2v) is 8.97. The van der Waals surface area contributed by atoms with E-state index in [9.17, 15) is 27.6 Å². The number of anilines is 2. The minimum absolute atomic E-state index is 0.0569. The van der Waals surface area contributed by atoms with Crippen LogP contribution in [0.1, 0.15) is 41.4 Å². The lowest BCUT2D eigenvalue weighted by molar-refractivity contribution is -0.141.